The fourth-order valence-electron chi connectivity index (χ4n) is 3.49. The molecule has 3 aromatic rings. The lowest BCUT2D eigenvalue weighted by molar-refractivity contribution is 0.102. The summed E-state index contributed by atoms with van der Waals surface area (Å²) in [6, 6.07) is 14.7. The highest BCUT2D eigenvalue weighted by atomic mass is 35.5. The zero-order chi connectivity index (χ0) is 23.6. The molecule has 0 saturated carbocycles. The third kappa shape index (κ3) is 4.74. The SMILES string of the molecule is COc1ccc(N(C)S(=O)(=O)c2ccc(Cl)c(C(=O)Nc3c(C)cc(C)cc3C)c2)cc1. The van der Waals surface area contributed by atoms with Crippen LogP contribution in [0.5, 0.6) is 5.75 Å². The Hall–Kier alpha value is -3.03. The smallest absolute Gasteiger partial charge is 0.264 e. The van der Waals surface area contributed by atoms with Crippen molar-refractivity contribution in [1.82, 2.24) is 0 Å². The molecule has 0 atom stereocenters. The molecule has 0 fully saturated rings. The molecular weight excluding hydrogens is 448 g/mol. The van der Waals surface area contributed by atoms with Gasteiger partial charge >= 0.3 is 0 Å². The lowest BCUT2D eigenvalue weighted by Crippen LogP contribution is -2.27. The molecular formula is C24H25ClN2O4S. The van der Waals surface area contributed by atoms with E-state index in [1.54, 1.807) is 24.3 Å². The number of aryl methyl sites for hydroxylation is 3. The molecule has 0 aliphatic rings. The Morgan fingerprint density at radius 2 is 1.56 bits per heavy atom. The van der Waals surface area contributed by atoms with E-state index in [0.29, 0.717) is 17.1 Å². The van der Waals surface area contributed by atoms with Gasteiger partial charge in [-0.1, -0.05) is 29.3 Å². The highest BCUT2D eigenvalue weighted by Gasteiger charge is 2.24. The number of amides is 1. The normalized spacial score (nSPS) is 11.2. The average molecular weight is 473 g/mol. The summed E-state index contributed by atoms with van der Waals surface area (Å²) < 4.78 is 32.7. The quantitative estimate of drug-likeness (QED) is 0.524. The minimum absolute atomic E-state index is 0.0391. The van der Waals surface area contributed by atoms with E-state index >= 15 is 0 Å². The van der Waals surface area contributed by atoms with E-state index < -0.39 is 15.9 Å². The maximum Gasteiger partial charge on any atom is 0.264 e. The predicted molar refractivity (Wildman–Crippen MR) is 129 cm³/mol. The number of benzene rings is 3. The number of carbonyl (C=O) groups is 1. The van der Waals surface area contributed by atoms with Gasteiger partial charge in [0.1, 0.15) is 5.75 Å². The number of sulfonamides is 1. The van der Waals surface area contributed by atoms with Gasteiger partial charge in [-0.3, -0.25) is 9.10 Å². The van der Waals surface area contributed by atoms with E-state index in [-0.39, 0.29) is 15.5 Å². The number of rotatable bonds is 6. The van der Waals surface area contributed by atoms with Crippen LogP contribution in [0.15, 0.2) is 59.5 Å². The Balaban J connectivity index is 1.94. The molecule has 32 heavy (non-hydrogen) atoms. The summed E-state index contributed by atoms with van der Waals surface area (Å²) in [6.45, 7) is 5.79. The molecule has 1 N–H and O–H groups in total. The first-order valence-corrected chi connectivity index (χ1v) is 11.7. The molecule has 0 spiro atoms. The number of anilines is 2. The van der Waals surface area contributed by atoms with E-state index in [4.69, 9.17) is 16.3 Å². The highest BCUT2D eigenvalue weighted by molar-refractivity contribution is 7.92. The van der Waals surface area contributed by atoms with Crippen molar-refractivity contribution in [2.24, 2.45) is 0 Å². The molecule has 0 radical (unpaired) electrons. The van der Waals surface area contributed by atoms with Crippen LogP contribution in [0.4, 0.5) is 11.4 Å². The molecule has 168 valence electrons. The van der Waals surface area contributed by atoms with Gasteiger partial charge in [0.25, 0.3) is 15.9 Å². The first-order valence-electron chi connectivity index (χ1n) is 9.86. The standard InChI is InChI=1S/C24H25ClN2O4S/c1-15-12-16(2)23(17(3)13-15)26-24(28)21-14-20(10-11-22(21)25)32(29,30)27(4)18-6-8-19(31-5)9-7-18/h6-14H,1-5H3,(H,26,28). The second-order valence-corrected chi connectivity index (χ2v) is 9.92. The van der Waals surface area contributed by atoms with Gasteiger partial charge in [0.15, 0.2) is 0 Å². The van der Waals surface area contributed by atoms with Gasteiger partial charge in [0, 0.05) is 12.7 Å². The van der Waals surface area contributed by atoms with Crippen molar-refractivity contribution >= 4 is 38.9 Å². The molecule has 0 heterocycles. The van der Waals surface area contributed by atoms with Crippen molar-refractivity contribution < 1.29 is 17.9 Å². The monoisotopic (exact) mass is 472 g/mol. The number of hydrogen-bond donors (Lipinski definition) is 1. The first kappa shape index (κ1) is 23.6. The van der Waals surface area contributed by atoms with Gasteiger partial charge in [0.2, 0.25) is 0 Å². The predicted octanol–water partition coefficient (Wildman–Crippen LogP) is 5.35. The van der Waals surface area contributed by atoms with Crippen molar-refractivity contribution in [2.75, 3.05) is 23.8 Å². The fourth-order valence-corrected chi connectivity index (χ4v) is 4.91. The molecule has 0 aromatic heterocycles. The lowest BCUT2D eigenvalue weighted by atomic mass is 10.0. The molecule has 0 bridgehead atoms. The van der Waals surface area contributed by atoms with Crippen molar-refractivity contribution in [3.63, 3.8) is 0 Å². The highest BCUT2D eigenvalue weighted by Crippen LogP contribution is 2.28. The van der Waals surface area contributed by atoms with Crippen LogP contribution in [-0.2, 0) is 10.0 Å². The number of carbonyl (C=O) groups excluding carboxylic acids is 1. The molecule has 6 nitrogen and oxygen atoms in total. The third-order valence-corrected chi connectivity index (χ3v) is 7.30. The summed E-state index contributed by atoms with van der Waals surface area (Å²) in [7, 11) is -0.939. The molecule has 0 aliphatic carbocycles. The summed E-state index contributed by atoms with van der Waals surface area (Å²) in [4.78, 5) is 13.0. The Bertz CT molecular complexity index is 1250. The van der Waals surface area contributed by atoms with E-state index in [1.807, 2.05) is 32.9 Å². The van der Waals surface area contributed by atoms with Crippen molar-refractivity contribution in [1.29, 1.82) is 0 Å². The van der Waals surface area contributed by atoms with Crippen LogP contribution >= 0.6 is 11.6 Å². The van der Waals surface area contributed by atoms with E-state index in [0.717, 1.165) is 21.0 Å². The average Bonchev–Trinajstić information content (AvgIpc) is 2.75. The number of halogens is 1. The molecule has 1 amide bonds. The molecule has 8 heteroatoms. The lowest BCUT2D eigenvalue weighted by Gasteiger charge is -2.20. The zero-order valence-corrected chi connectivity index (χ0v) is 20.1. The Morgan fingerprint density at radius 1 is 0.969 bits per heavy atom. The van der Waals surface area contributed by atoms with Gasteiger partial charge in [0.05, 0.1) is 28.3 Å². The van der Waals surface area contributed by atoms with Crippen molar-refractivity contribution in [3.8, 4) is 5.75 Å². The number of nitrogens with zero attached hydrogens (tertiary/aromatic N) is 1. The number of nitrogens with one attached hydrogen (secondary N) is 1. The zero-order valence-electron chi connectivity index (χ0n) is 18.6. The fraction of sp³-hybridized carbons (Fsp3) is 0.208. The van der Waals surface area contributed by atoms with Crippen LogP contribution < -0.4 is 14.4 Å². The van der Waals surface area contributed by atoms with Gasteiger partial charge in [-0.2, -0.15) is 0 Å². The summed E-state index contributed by atoms with van der Waals surface area (Å²) >= 11 is 6.26. The van der Waals surface area contributed by atoms with Gasteiger partial charge < -0.3 is 10.1 Å². The minimum Gasteiger partial charge on any atom is -0.497 e. The van der Waals surface area contributed by atoms with Gasteiger partial charge in [-0.25, -0.2) is 8.42 Å². The number of methoxy groups -OCH3 is 1. The maximum absolute atomic E-state index is 13.2. The second kappa shape index (κ2) is 9.22. The second-order valence-electron chi connectivity index (χ2n) is 7.54. The summed E-state index contributed by atoms with van der Waals surface area (Å²) in [5, 5.41) is 3.03. The molecule has 0 aliphatic heterocycles. The van der Waals surface area contributed by atoms with E-state index in [2.05, 4.69) is 5.32 Å². The minimum atomic E-state index is -3.93. The molecule has 0 saturated heterocycles. The van der Waals surface area contributed by atoms with Gasteiger partial charge in [-0.15, -0.1) is 0 Å². The Labute approximate surface area is 193 Å². The number of hydrogen-bond acceptors (Lipinski definition) is 4. The third-order valence-electron chi connectivity index (χ3n) is 5.19. The van der Waals surface area contributed by atoms with Crippen molar-refractivity contribution in [3.05, 3.63) is 81.9 Å². The summed E-state index contributed by atoms with van der Waals surface area (Å²) in [5.41, 5.74) is 4.13. The van der Waals surface area contributed by atoms with E-state index in [1.165, 1.54) is 32.4 Å². The number of ether oxygens (including phenoxy) is 1. The van der Waals surface area contributed by atoms with Gasteiger partial charge in [-0.05, 0) is 74.4 Å². The van der Waals surface area contributed by atoms with Crippen LogP contribution in [0.3, 0.4) is 0 Å². The van der Waals surface area contributed by atoms with Crippen molar-refractivity contribution in [2.45, 2.75) is 25.7 Å². The largest absolute Gasteiger partial charge is 0.497 e. The molecule has 3 rings (SSSR count). The summed E-state index contributed by atoms with van der Waals surface area (Å²) in [5.74, 6) is 0.140. The van der Waals surface area contributed by atoms with Crippen LogP contribution in [0, 0.1) is 20.8 Å². The van der Waals surface area contributed by atoms with Crippen LogP contribution in [0.2, 0.25) is 5.02 Å². The van der Waals surface area contributed by atoms with E-state index in [9.17, 15) is 13.2 Å². The topological polar surface area (TPSA) is 75.7 Å². The first-order chi connectivity index (χ1) is 15.0. The maximum atomic E-state index is 13.2. The summed E-state index contributed by atoms with van der Waals surface area (Å²) in [6.07, 6.45) is 0. The van der Waals surface area contributed by atoms with Crippen LogP contribution in [0.25, 0.3) is 0 Å². The molecule has 0 unspecified atom stereocenters. The van der Waals surface area contributed by atoms with Crippen LogP contribution in [-0.4, -0.2) is 28.5 Å². The Kier molecular flexibility index (Phi) is 6.81. The van der Waals surface area contributed by atoms with Crippen LogP contribution in [0.1, 0.15) is 27.0 Å². The molecule has 3 aromatic carbocycles. The Morgan fingerprint density at radius 3 is 2.12 bits per heavy atom.